The number of carbonyl (C=O) groups is 3. The summed E-state index contributed by atoms with van der Waals surface area (Å²) in [5.74, 6) is -2.64. The minimum atomic E-state index is -0.972. The van der Waals surface area contributed by atoms with Crippen LogP contribution in [0, 0.1) is 12.8 Å². The molecule has 0 aliphatic carbocycles. The minimum Gasteiger partial charge on any atom is -0.461 e. The molecular formula is C15H14ClN3O4. The van der Waals surface area contributed by atoms with Gasteiger partial charge in [-0.05, 0) is 31.5 Å². The van der Waals surface area contributed by atoms with Crippen LogP contribution >= 0.6 is 11.6 Å². The number of hydrazone groups is 1. The molecule has 7 nitrogen and oxygen atoms in total. The number of rotatable bonds is 3. The number of fused-ring (bicyclic) bond motifs is 1. The Kier molecular flexibility index (Phi) is 3.81. The standard InChI is InChI=1S/C15H14ClN3O4/c1-3-23-15(22)12-10-11(17-18-12)14(21)19(13(10)20)9-6-4-5-8(16)7(9)2/h4-6,10-11,17H,3H2,1-2H3/t10-,11-/m1/s1. The summed E-state index contributed by atoms with van der Waals surface area (Å²) in [5.41, 5.74) is 3.52. The average molecular weight is 336 g/mol. The lowest BCUT2D eigenvalue weighted by Gasteiger charge is -2.18. The Bertz CT molecular complexity index is 746. The largest absolute Gasteiger partial charge is 0.461 e. The van der Waals surface area contributed by atoms with Gasteiger partial charge in [0.15, 0.2) is 5.71 Å². The molecule has 2 aliphatic rings. The van der Waals surface area contributed by atoms with Crippen LogP contribution in [0.25, 0.3) is 0 Å². The molecular weight excluding hydrogens is 322 g/mol. The predicted octanol–water partition coefficient (Wildman–Crippen LogP) is 1.03. The van der Waals surface area contributed by atoms with Gasteiger partial charge in [0.2, 0.25) is 5.91 Å². The molecule has 1 N–H and O–H groups in total. The molecule has 0 unspecified atom stereocenters. The second-order valence-corrected chi connectivity index (χ2v) is 5.61. The van der Waals surface area contributed by atoms with Gasteiger partial charge in [-0.25, -0.2) is 9.69 Å². The number of halogens is 1. The summed E-state index contributed by atoms with van der Waals surface area (Å²) in [6.45, 7) is 3.54. The number of carbonyl (C=O) groups excluding carboxylic acids is 3. The molecule has 0 aromatic heterocycles. The van der Waals surface area contributed by atoms with Gasteiger partial charge in [-0.3, -0.25) is 15.0 Å². The number of imide groups is 1. The Morgan fingerprint density at radius 1 is 1.39 bits per heavy atom. The zero-order valence-electron chi connectivity index (χ0n) is 12.5. The van der Waals surface area contributed by atoms with E-state index in [0.717, 1.165) is 4.90 Å². The Morgan fingerprint density at radius 2 is 2.13 bits per heavy atom. The van der Waals surface area contributed by atoms with Crippen molar-refractivity contribution < 1.29 is 19.1 Å². The van der Waals surface area contributed by atoms with Gasteiger partial charge >= 0.3 is 5.97 Å². The van der Waals surface area contributed by atoms with Crippen LogP contribution in [0.5, 0.6) is 0 Å². The lowest BCUT2D eigenvalue weighted by Crippen LogP contribution is -2.36. The highest BCUT2D eigenvalue weighted by atomic mass is 35.5. The van der Waals surface area contributed by atoms with Crippen molar-refractivity contribution in [3.05, 3.63) is 28.8 Å². The van der Waals surface area contributed by atoms with Crippen molar-refractivity contribution in [3.8, 4) is 0 Å². The molecule has 1 aromatic rings. The van der Waals surface area contributed by atoms with Crippen LogP contribution in [-0.2, 0) is 19.1 Å². The van der Waals surface area contributed by atoms with Crippen LogP contribution in [-0.4, -0.2) is 36.1 Å². The number of hydrogen-bond acceptors (Lipinski definition) is 6. The molecule has 2 atom stereocenters. The van der Waals surface area contributed by atoms with E-state index in [2.05, 4.69) is 10.5 Å². The summed E-state index contributed by atoms with van der Waals surface area (Å²) in [6, 6.07) is 4.09. The summed E-state index contributed by atoms with van der Waals surface area (Å²) in [6.07, 6.45) is 0. The molecule has 8 heteroatoms. The van der Waals surface area contributed by atoms with Crippen LogP contribution in [0.2, 0.25) is 5.02 Å². The van der Waals surface area contributed by atoms with Crippen LogP contribution in [0.4, 0.5) is 5.69 Å². The molecule has 0 spiro atoms. The first-order valence-corrected chi connectivity index (χ1v) is 7.48. The molecule has 1 fully saturated rings. The molecule has 0 radical (unpaired) electrons. The van der Waals surface area contributed by atoms with E-state index >= 15 is 0 Å². The molecule has 2 heterocycles. The van der Waals surface area contributed by atoms with Gasteiger partial charge in [-0.15, -0.1) is 0 Å². The number of anilines is 1. The van der Waals surface area contributed by atoms with Crippen molar-refractivity contribution in [3.63, 3.8) is 0 Å². The van der Waals surface area contributed by atoms with Gasteiger partial charge in [0, 0.05) is 5.02 Å². The molecule has 1 aromatic carbocycles. The number of nitrogens with zero attached hydrogens (tertiary/aromatic N) is 2. The number of amides is 2. The fourth-order valence-electron chi connectivity index (χ4n) is 2.74. The zero-order chi connectivity index (χ0) is 16.7. The van der Waals surface area contributed by atoms with Crippen molar-refractivity contribution in [2.75, 3.05) is 11.5 Å². The lowest BCUT2D eigenvalue weighted by atomic mass is 9.99. The maximum Gasteiger partial charge on any atom is 0.355 e. The Morgan fingerprint density at radius 3 is 2.83 bits per heavy atom. The van der Waals surface area contributed by atoms with Gasteiger partial charge in [0.1, 0.15) is 12.0 Å². The fourth-order valence-corrected chi connectivity index (χ4v) is 2.91. The van der Waals surface area contributed by atoms with E-state index in [0.29, 0.717) is 16.3 Å². The first-order valence-electron chi connectivity index (χ1n) is 7.10. The van der Waals surface area contributed by atoms with Crippen LogP contribution in [0.3, 0.4) is 0 Å². The highest BCUT2D eigenvalue weighted by Crippen LogP contribution is 2.34. The van der Waals surface area contributed by atoms with Crippen molar-refractivity contribution in [1.82, 2.24) is 5.43 Å². The van der Waals surface area contributed by atoms with E-state index in [-0.39, 0.29) is 12.3 Å². The van der Waals surface area contributed by atoms with Gasteiger partial charge in [0.05, 0.1) is 12.3 Å². The number of benzene rings is 1. The average Bonchev–Trinajstić information content (AvgIpc) is 3.05. The van der Waals surface area contributed by atoms with Crippen molar-refractivity contribution >= 4 is 40.8 Å². The fraction of sp³-hybridized carbons (Fsp3) is 0.333. The number of hydrogen-bond donors (Lipinski definition) is 1. The van der Waals surface area contributed by atoms with Crippen molar-refractivity contribution in [1.29, 1.82) is 0 Å². The van der Waals surface area contributed by atoms with E-state index in [1.807, 2.05) is 0 Å². The third kappa shape index (κ3) is 2.28. The van der Waals surface area contributed by atoms with E-state index in [1.54, 1.807) is 32.0 Å². The molecule has 120 valence electrons. The molecule has 2 aliphatic heterocycles. The predicted molar refractivity (Wildman–Crippen MR) is 83.2 cm³/mol. The Hall–Kier alpha value is -2.41. The molecule has 0 bridgehead atoms. The summed E-state index contributed by atoms with van der Waals surface area (Å²) < 4.78 is 4.89. The van der Waals surface area contributed by atoms with E-state index < -0.39 is 29.7 Å². The molecule has 1 saturated heterocycles. The summed E-state index contributed by atoms with van der Waals surface area (Å²) in [5, 5.41) is 4.26. The lowest BCUT2D eigenvalue weighted by molar-refractivity contribution is -0.136. The third-order valence-electron chi connectivity index (χ3n) is 3.89. The van der Waals surface area contributed by atoms with Crippen LogP contribution < -0.4 is 10.3 Å². The normalized spacial score (nSPS) is 22.7. The summed E-state index contributed by atoms with van der Waals surface area (Å²) >= 11 is 6.07. The number of esters is 1. The SMILES string of the molecule is CCOC(=O)C1=NN[C@H]2C(=O)N(c3cccc(Cl)c3C)C(=O)[C@@H]12. The quantitative estimate of drug-likeness (QED) is 0.658. The Balaban J connectivity index is 1.97. The summed E-state index contributed by atoms with van der Waals surface area (Å²) in [4.78, 5) is 38.2. The number of ether oxygens (including phenoxy) is 1. The highest BCUT2D eigenvalue weighted by Gasteiger charge is 2.56. The first kappa shape index (κ1) is 15.5. The van der Waals surface area contributed by atoms with Crippen molar-refractivity contribution in [2.45, 2.75) is 19.9 Å². The Labute approximate surface area is 137 Å². The zero-order valence-corrected chi connectivity index (χ0v) is 13.3. The van der Waals surface area contributed by atoms with E-state index in [1.165, 1.54) is 0 Å². The smallest absolute Gasteiger partial charge is 0.355 e. The minimum absolute atomic E-state index is 0.0719. The maximum atomic E-state index is 12.7. The maximum absolute atomic E-state index is 12.7. The first-order chi connectivity index (χ1) is 11.0. The summed E-state index contributed by atoms with van der Waals surface area (Å²) in [7, 11) is 0. The van der Waals surface area contributed by atoms with Crippen molar-refractivity contribution in [2.24, 2.45) is 11.0 Å². The second kappa shape index (κ2) is 5.66. The molecule has 0 saturated carbocycles. The molecule has 23 heavy (non-hydrogen) atoms. The van der Waals surface area contributed by atoms with Gasteiger partial charge in [-0.2, -0.15) is 5.10 Å². The van der Waals surface area contributed by atoms with E-state index in [4.69, 9.17) is 16.3 Å². The van der Waals surface area contributed by atoms with Gasteiger partial charge < -0.3 is 4.74 Å². The van der Waals surface area contributed by atoms with E-state index in [9.17, 15) is 14.4 Å². The second-order valence-electron chi connectivity index (χ2n) is 5.20. The van der Waals surface area contributed by atoms with Crippen LogP contribution in [0.1, 0.15) is 12.5 Å². The number of nitrogens with one attached hydrogen (secondary N) is 1. The third-order valence-corrected chi connectivity index (χ3v) is 4.30. The van der Waals surface area contributed by atoms with Gasteiger partial charge in [-0.1, -0.05) is 17.7 Å². The monoisotopic (exact) mass is 335 g/mol. The molecule has 2 amide bonds. The topological polar surface area (TPSA) is 88.1 Å². The van der Waals surface area contributed by atoms with Crippen LogP contribution in [0.15, 0.2) is 23.3 Å². The van der Waals surface area contributed by atoms with Gasteiger partial charge in [0.25, 0.3) is 5.91 Å². The molecule has 3 rings (SSSR count). The highest BCUT2D eigenvalue weighted by molar-refractivity contribution is 6.46.